The number of carboxylic acids is 1. The fourth-order valence-corrected chi connectivity index (χ4v) is 2.21. The molecule has 2 rings (SSSR count). The fraction of sp³-hybridized carbons (Fsp3) is 0.385. The highest BCUT2D eigenvalue weighted by Crippen LogP contribution is 2.26. The maximum Gasteiger partial charge on any atom is 0.354 e. The number of rotatable bonds is 4. The second-order valence-corrected chi connectivity index (χ2v) is 4.24. The van der Waals surface area contributed by atoms with Crippen molar-refractivity contribution < 1.29 is 14.3 Å². The van der Waals surface area contributed by atoms with Gasteiger partial charge in [0.05, 0.1) is 5.69 Å². The molecule has 2 aromatic rings. The van der Waals surface area contributed by atoms with Crippen LogP contribution in [-0.2, 0) is 0 Å². The van der Waals surface area contributed by atoms with E-state index in [4.69, 9.17) is 0 Å². The number of carboxylic acid groups (broad SMARTS) is 1. The average Bonchev–Trinajstić information content (AvgIpc) is 2.69. The summed E-state index contributed by atoms with van der Waals surface area (Å²) < 4.78 is 14.5. The van der Waals surface area contributed by atoms with Gasteiger partial charge in [0, 0.05) is 12.1 Å². The first-order valence-electron chi connectivity index (χ1n) is 5.99. The van der Waals surface area contributed by atoms with Gasteiger partial charge in [0.25, 0.3) is 0 Å². The molecule has 18 heavy (non-hydrogen) atoms. The van der Waals surface area contributed by atoms with Crippen LogP contribution < -0.4 is 0 Å². The van der Waals surface area contributed by atoms with E-state index in [2.05, 4.69) is 4.98 Å². The fourth-order valence-electron chi connectivity index (χ4n) is 2.21. The van der Waals surface area contributed by atoms with Gasteiger partial charge in [0.15, 0.2) is 5.69 Å². The number of carbonyl (C=O) groups is 1. The van der Waals surface area contributed by atoms with Gasteiger partial charge in [-0.3, -0.25) is 4.40 Å². The maximum atomic E-state index is 13.2. The Balaban J connectivity index is 2.73. The Bertz CT molecular complexity index is 588. The van der Waals surface area contributed by atoms with Gasteiger partial charge >= 0.3 is 5.97 Å². The van der Waals surface area contributed by atoms with Crippen molar-refractivity contribution in [3.63, 3.8) is 0 Å². The molecule has 0 aliphatic heterocycles. The molecule has 0 saturated carbocycles. The molecule has 0 atom stereocenters. The lowest BCUT2D eigenvalue weighted by atomic mass is 9.98. The third-order valence-electron chi connectivity index (χ3n) is 3.18. The Morgan fingerprint density at radius 3 is 2.67 bits per heavy atom. The second kappa shape index (κ2) is 4.76. The van der Waals surface area contributed by atoms with Gasteiger partial charge in [-0.25, -0.2) is 14.2 Å². The molecular weight excluding hydrogens is 235 g/mol. The van der Waals surface area contributed by atoms with Crippen LogP contribution in [0.3, 0.4) is 0 Å². The molecule has 5 heteroatoms. The van der Waals surface area contributed by atoms with Crippen molar-refractivity contribution >= 4 is 11.6 Å². The second-order valence-electron chi connectivity index (χ2n) is 4.24. The van der Waals surface area contributed by atoms with Crippen LogP contribution in [0.4, 0.5) is 4.39 Å². The Morgan fingerprint density at radius 2 is 2.11 bits per heavy atom. The number of fused-ring (bicyclic) bond motifs is 1. The van der Waals surface area contributed by atoms with Crippen molar-refractivity contribution in [3.8, 4) is 0 Å². The summed E-state index contributed by atoms with van der Waals surface area (Å²) in [5.41, 5.74) is 1.08. The zero-order chi connectivity index (χ0) is 13.3. The normalized spacial score (nSPS) is 11.3. The predicted molar refractivity (Wildman–Crippen MR) is 65.4 cm³/mol. The van der Waals surface area contributed by atoms with Crippen LogP contribution >= 0.6 is 0 Å². The van der Waals surface area contributed by atoms with Gasteiger partial charge in [-0.1, -0.05) is 13.8 Å². The van der Waals surface area contributed by atoms with E-state index in [1.54, 1.807) is 0 Å². The van der Waals surface area contributed by atoms with Crippen LogP contribution in [0.25, 0.3) is 5.65 Å². The minimum Gasteiger partial charge on any atom is -0.477 e. The summed E-state index contributed by atoms with van der Waals surface area (Å²) in [5, 5.41) is 9.30. The van der Waals surface area contributed by atoms with Gasteiger partial charge in [0.1, 0.15) is 11.5 Å². The third-order valence-corrected chi connectivity index (χ3v) is 3.18. The zero-order valence-electron chi connectivity index (χ0n) is 10.4. The predicted octanol–water partition coefficient (Wildman–Crippen LogP) is 3.08. The highest BCUT2D eigenvalue weighted by atomic mass is 19.1. The van der Waals surface area contributed by atoms with E-state index in [-0.39, 0.29) is 11.6 Å². The topological polar surface area (TPSA) is 54.6 Å². The first-order chi connectivity index (χ1) is 8.58. The molecule has 0 unspecified atom stereocenters. The molecule has 0 amide bonds. The van der Waals surface area contributed by atoms with Crippen LogP contribution in [-0.4, -0.2) is 20.5 Å². The van der Waals surface area contributed by atoms with E-state index >= 15 is 0 Å². The largest absolute Gasteiger partial charge is 0.477 e. The highest BCUT2D eigenvalue weighted by molar-refractivity contribution is 5.88. The summed E-state index contributed by atoms with van der Waals surface area (Å²) in [4.78, 5) is 15.7. The van der Waals surface area contributed by atoms with Crippen LogP contribution in [0, 0.1) is 5.82 Å². The lowest BCUT2D eigenvalue weighted by Gasteiger charge is -2.09. The molecule has 2 aromatic heterocycles. The van der Waals surface area contributed by atoms with E-state index in [0.717, 1.165) is 19.0 Å². The van der Waals surface area contributed by atoms with Gasteiger partial charge in [0.2, 0.25) is 0 Å². The van der Waals surface area contributed by atoms with E-state index in [9.17, 15) is 14.3 Å². The van der Waals surface area contributed by atoms with Crippen molar-refractivity contribution in [2.75, 3.05) is 0 Å². The van der Waals surface area contributed by atoms with E-state index in [1.807, 2.05) is 13.8 Å². The number of hydrogen-bond acceptors (Lipinski definition) is 2. The summed E-state index contributed by atoms with van der Waals surface area (Å²) in [6.45, 7) is 3.98. The molecule has 0 bridgehead atoms. The summed E-state index contributed by atoms with van der Waals surface area (Å²) >= 11 is 0. The standard InChI is InChI=1S/C13H15FN2O2/c1-3-8(4-2)11-12(13(17)18)16-7-9(14)5-6-10(16)15-11/h5-8H,3-4H2,1-2H3,(H,17,18). The Morgan fingerprint density at radius 1 is 1.44 bits per heavy atom. The molecule has 0 radical (unpaired) electrons. The number of halogens is 1. The lowest BCUT2D eigenvalue weighted by Crippen LogP contribution is -2.08. The summed E-state index contributed by atoms with van der Waals surface area (Å²) in [5.74, 6) is -1.47. The van der Waals surface area contributed by atoms with Gasteiger partial charge in [-0.2, -0.15) is 0 Å². The minimum absolute atomic E-state index is 0.0678. The summed E-state index contributed by atoms with van der Waals surface area (Å²) in [6.07, 6.45) is 2.78. The average molecular weight is 250 g/mol. The number of imidazole rings is 1. The van der Waals surface area contributed by atoms with Crippen LogP contribution in [0.5, 0.6) is 0 Å². The molecule has 1 N–H and O–H groups in total. The molecule has 0 saturated heterocycles. The van der Waals surface area contributed by atoms with Crippen LogP contribution in [0.2, 0.25) is 0 Å². The minimum atomic E-state index is -1.07. The highest BCUT2D eigenvalue weighted by Gasteiger charge is 2.23. The molecular formula is C13H15FN2O2. The summed E-state index contributed by atoms with van der Waals surface area (Å²) in [7, 11) is 0. The Hall–Kier alpha value is -1.91. The smallest absolute Gasteiger partial charge is 0.354 e. The monoisotopic (exact) mass is 250 g/mol. The molecule has 0 aliphatic rings. The molecule has 0 aromatic carbocycles. The van der Waals surface area contributed by atoms with Crippen LogP contribution in [0.1, 0.15) is 48.8 Å². The van der Waals surface area contributed by atoms with Gasteiger partial charge in [-0.15, -0.1) is 0 Å². The van der Waals surface area contributed by atoms with Crippen LogP contribution in [0.15, 0.2) is 18.3 Å². The van der Waals surface area contributed by atoms with E-state index < -0.39 is 11.8 Å². The Kier molecular flexibility index (Phi) is 3.32. The van der Waals surface area contributed by atoms with Crippen molar-refractivity contribution in [1.82, 2.24) is 9.38 Å². The molecule has 0 aliphatic carbocycles. The van der Waals surface area contributed by atoms with Crippen molar-refractivity contribution in [1.29, 1.82) is 0 Å². The molecule has 4 nitrogen and oxygen atoms in total. The van der Waals surface area contributed by atoms with Crippen molar-refractivity contribution in [2.45, 2.75) is 32.6 Å². The zero-order valence-corrected chi connectivity index (χ0v) is 10.4. The number of hydrogen-bond donors (Lipinski definition) is 1. The molecule has 96 valence electrons. The quantitative estimate of drug-likeness (QED) is 0.907. The van der Waals surface area contributed by atoms with Crippen molar-refractivity contribution in [3.05, 3.63) is 35.5 Å². The first-order valence-corrected chi connectivity index (χ1v) is 5.99. The lowest BCUT2D eigenvalue weighted by molar-refractivity contribution is 0.0687. The molecule has 0 spiro atoms. The number of nitrogens with zero attached hydrogens (tertiary/aromatic N) is 2. The third kappa shape index (κ3) is 1.96. The molecule has 2 heterocycles. The summed E-state index contributed by atoms with van der Waals surface area (Å²) in [6, 6.07) is 2.78. The van der Waals surface area contributed by atoms with E-state index in [0.29, 0.717) is 11.3 Å². The molecule has 0 fully saturated rings. The SMILES string of the molecule is CCC(CC)c1nc2ccc(F)cn2c1C(=O)O. The number of aromatic nitrogens is 2. The first kappa shape index (κ1) is 12.5. The number of aromatic carboxylic acids is 1. The maximum absolute atomic E-state index is 13.2. The number of pyridine rings is 1. The van der Waals surface area contributed by atoms with Gasteiger partial charge in [-0.05, 0) is 25.0 Å². The van der Waals surface area contributed by atoms with E-state index in [1.165, 1.54) is 16.5 Å². The van der Waals surface area contributed by atoms with Gasteiger partial charge < -0.3 is 5.11 Å². The Labute approximate surface area is 104 Å². The van der Waals surface area contributed by atoms with Crippen molar-refractivity contribution in [2.24, 2.45) is 0 Å².